The first-order valence-corrected chi connectivity index (χ1v) is 8.42. The molecule has 1 aliphatic carbocycles. The van der Waals surface area contributed by atoms with Crippen molar-refractivity contribution in [1.29, 1.82) is 0 Å². The summed E-state index contributed by atoms with van der Waals surface area (Å²) in [6.07, 6.45) is 4.52. The van der Waals surface area contributed by atoms with E-state index in [0.29, 0.717) is 4.88 Å². The molecular formula is C16H17N3O4S. The second-order valence-electron chi connectivity index (χ2n) is 5.53. The van der Waals surface area contributed by atoms with Gasteiger partial charge in [-0.15, -0.1) is 11.3 Å². The van der Waals surface area contributed by atoms with Crippen LogP contribution in [0, 0.1) is 0 Å². The van der Waals surface area contributed by atoms with Crippen molar-refractivity contribution < 1.29 is 18.8 Å². The number of fused-ring (bicyclic) bond motifs is 1. The van der Waals surface area contributed by atoms with Crippen molar-refractivity contribution in [2.75, 3.05) is 0 Å². The van der Waals surface area contributed by atoms with E-state index in [1.54, 1.807) is 6.07 Å². The third-order valence-corrected chi connectivity index (χ3v) is 4.99. The zero-order chi connectivity index (χ0) is 17.1. The highest BCUT2D eigenvalue weighted by Crippen LogP contribution is 2.30. The van der Waals surface area contributed by atoms with Crippen molar-refractivity contribution in [1.82, 2.24) is 16.2 Å². The predicted octanol–water partition coefficient (Wildman–Crippen LogP) is 1.41. The highest BCUT2D eigenvalue weighted by atomic mass is 32.1. The van der Waals surface area contributed by atoms with E-state index in [-0.39, 0.29) is 11.7 Å². The van der Waals surface area contributed by atoms with E-state index in [2.05, 4.69) is 16.2 Å². The first-order chi connectivity index (χ1) is 11.5. The fourth-order valence-electron chi connectivity index (χ4n) is 2.47. The number of amides is 3. The summed E-state index contributed by atoms with van der Waals surface area (Å²) in [4.78, 5) is 37.6. The summed E-state index contributed by atoms with van der Waals surface area (Å²) in [5.74, 6) is -1.25. The number of furan rings is 1. The molecule has 2 aromatic rings. The van der Waals surface area contributed by atoms with Crippen molar-refractivity contribution in [2.24, 2.45) is 0 Å². The molecule has 0 spiro atoms. The van der Waals surface area contributed by atoms with E-state index >= 15 is 0 Å². The lowest BCUT2D eigenvalue weighted by Gasteiger charge is -2.13. The minimum atomic E-state index is -0.823. The highest BCUT2D eigenvalue weighted by Gasteiger charge is 2.21. The van der Waals surface area contributed by atoms with E-state index in [1.165, 1.54) is 41.0 Å². The maximum absolute atomic E-state index is 12.1. The first kappa shape index (κ1) is 16.3. The molecule has 0 aromatic carbocycles. The molecule has 0 radical (unpaired) electrons. The third kappa shape index (κ3) is 3.48. The maximum Gasteiger partial charge on any atom is 0.287 e. The molecule has 24 heavy (non-hydrogen) atoms. The SMILES string of the molecule is CC(NC(=O)c1ccco1)C(=O)NNC(=O)c1cc2c(s1)CCC2. The number of rotatable bonds is 4. The van der Waals surface area contributed by atoms with Crippen molar-refractivity contribution in [2.45, 2.75) is 32.2 Å². The topological polar surface area (TPSA) is 100 Å². The van der Waals surface area contributed by atoms with Gasteiger partial charge in [-0.05, 0) is 49.9 Å². The molecule has 3 rings (SSSR count). The fraction of sp³-hybridized carbons (Fsp3) is 0.312. The second kappa shape index (κ2) is 6.88. The molecule has 2 aromatic heterocycles. The predicted molar refractivity (Wildman–Crippen MR) is 87.6 cm³/mol. The van der Waals surface area contributed by atoms with Gasteiger partial charge in [0, 0.05) is 4.88 Å². The molecule has 0 aliphatic heterocycles. The van der Waals surface area contributed by atoms with Gasteiger partial charge in [0.25, 0.3) is 17.7 Å². The van der Waals surface area contributed by atoms with Gasteiger partial charge in [0.1, 0.15) is 6.04 Å². The quantitative estimate of drug-likeness (QED) is 0.728. The van der Waals surface area contributed by atoms with E-state index in [0.717, 1.165) is 19.3 Å². The van der Waals surface area contributed by atoms with Gasteiger partial charge in [0.05, 0.1) is 11.1 Å². The number of hydrogen-bond donors (Lipinski definition) is 3. The molecule has 0 fully saturated rings. The zero-order valence-electron chi connectivity index (χ0n) is 13.0. The van der Waals surface area contributed by atoms with Crippen molar-refractivity contribution in [3.8, 4) is 0 Å². The minimum Gasteiger partial charge on any atom is -0.459 e. The Kier molecular flexibility index (Phi) is 4.66. The summed E-state index contributed by atoms with van der Waals surface area (Å²) in [6.45, 7) is 1.52. The Labute approximate surface area is 142 Å². The lowest BCUT2D eigenvalue weighted by Crippen LogP contribution is -2.51. The summed E-state index contributed by atoms with van der Waals surface area (Å²) in [5, 5.41) is 2.48. The fourth-order valence-corrected chi connectivity index (χ4v) is 3.62. The van der Waals surface area contributed by atoms with Gasteiger partial charge < -0.3 is 9.73 Å². The molecule has 7 nitrogen and oxygen atoms in total. The van der Waals surface area contributed by atoms with Crippen LogP contribution in [0.3, 0.4) is 0 Å². The number of aryl methyl sites for hydroxylation is 2. The Bertz CT molecular complexity index is 745. The van der Waals surface area contributed by atoms with Crippen LogP contribution in [0.25, 0.3) is 0 Å². The summed E-state index contributed by atoms with van der Waals surface area (Å²) in [7, 11) is 0. The second-order valence-corrected chi connectivity index (χ2v) is 6.67. The molecule has 3 N–H and O–H groups in total. The normalized spacial score (nSPS) is 13.9. The van der Waals surface area contributed by atoms with Crippen LogP contribution in [0.2, 0.25) is 0 Å². The Hall–Kier alpha value is -2.61. The summed E-state index contributed by atoms with van der Waals surface area (Å²) in [5.41, 5.74) is 5.91. The third-order valence-electron chi connectivity index (χ3n) is 3.76. The molecule has 8 heteroatoms. The zero-order valence-corrected chi connectivity index (χ0v) is 13.9. The van der Waals surface area contributed by atoms with Crippen LogP contribution in [0.1, 0.15) is 44.0 Å². The first-order valence-electron chi connectivity index (χ1n) is 7.60. The minimum absolute atomic E-state index is 0.117. The van der Waals surface area contributed by atoms with E-state index in [1.807, 2.05) is 6.07 Å². The summed E-state index contributed by atoms with van der Waals surface area (Å²) in [6, 6.07) is 4.13. The van der Waals surface area contributed by atoms with Crippen LogP contribution in [0.4, 0.5) is 0 Å². The molecule has 0 saturated carbocycles. The molecule has 1 unspecified atom stereocenters. The van der Waals surface area contributed by atoms with Crippen LogP contribution in [-0.2, 0) is 17.6 Å². The van der Waals surface area contributed by atoms with Crippen LogP contribution in [0.5, 0.6) is 0 Å². The van der Waals surface area contributed by atoms with E-state index in [9.17, 15) is 14.4 Å². The van der Waals surface area contributed by atoms with Gasteiger partial charge in [-0.2, -0.15) is 0 Å². The number of carbonyl (C=O) groups is 3. The van der Waals surface area contributed by atoms with Gasteiger partial charge >= 0.3 is 0 Å². The van der Waals surface area contributed by atoms with Crippen LogP contribution < -0.4 is 16.2 Å². The number of hydrogen-bond acceptors (Lipinski definition) is 5. The van der Waals surface area contributed by atoms with Gasteiger partial charge in [-0.1, -0.05) is 0 Å². The lowest BCUT2D eigenvalue weighted by atomic mass is 10.2. The Balaban J connectivity index is 1.49. The summed E-state index contributed by atoms with van der Waals surface area (Å²) < 4.78 is 4.95. The van der Waals surface area contributed by atoms with Crippen molar-refractivity contribution >= 4 is 29.1 Å². The molecule has 0 saturated heterocycles. The molecule has 1 atom stereocenters. The smallest absolute Gasteiger partial charge is 0.287 e. The molecule has 2 heterocycles. The van der Waals surface area contributed by atoms with E-state index in [4.69, 9.17) is 4.42 Å². The number of thiophene rings is 1. The Morgan fingerprint density at radius 1 is 1.21 bits per heavy atom. The van der Waals surface area contributed by atoms with Gasteiger partial charge in [-0.25, -0.2) is 0 Å². The highest BCUT2D eigenvalue weighted by molar-refractivity contribution is 7.14. The van der Waals surface area contributed by atoms with Gasteiger partial charge in [0.15, 0.2) is 5.76 Å². The Morgan fingerprint density at radius 3 is 2.75 bits per heavy atom. The van der Waals surface area contributed by atoms with Gasteiger partial charge in [-0.3, -0.25) is 25.2 Å². The van der Waals surface area contributed by atoms with E-state index < -0.39 is 17.9 Å². The average Bonchev–Trinajstić information content (AvgIpc) is 3.27. The molecule has 1 aliphatic rings. The number of nitrogens with one attached hydrogen (secondary N) is 3. The van der Waals surface area contributed by atoms with Crippen LogP contribution in [-0.4, -0.2) is 23.8 Å². The van der Waals surface area contributed by atoms with Crippen LogP contribution >= 0.6 is 11.3 Å². The number of carbonyl (C=O) groups excluding carboxylic acids is 3. The molecule has 126 valence electrons. The van der Waals surface area contributed by atoms with Crippen molar-refractivity contribution in [3.63, 3.8) is 0 Å². The average molecular weight is 347 g/mol. The number of hydrazine groups is 1. The van der Waals surface area contributed by atoms with Crippen LogP contribution in [0.15, 0.2) is 28.9 Å². The summed E-state index contributed by atoms with van der Waals surface area (Å²) >= 11 is 1.45. The monoisotopic (exact) mass is 347 g/mol. The van der Waals surface area contributed by atoms with Crippen molar-refractivity contribution in [3.05, 3.63) is 45.5 Å². The maximum atomic E-state index is 12.1. The lowest BCUT2D eigenvalue weighted by molar-refractivity contribution is -0.123. The standard InChI is InChI=1S/C16H17N3O4S/c1-9(17-15(21)11-5-3-7-23-11)14(20)18-19-16(22)13-8-10-4-2-6-12(10)24-13/h3,5,7-9H,2,4,6H2,1H3,(H,17,21)(H,18,20)(H,19,22). The Morgan fingerprint density at radius 2 is 2.04 bits per heavy atom. The largest absolute Gasteiger partial charge is 0.459 e. The van der Waals surface area contributed by atoms with Gasteiger partial charge in [0.2, 0.25) is 0 Å². The molecule has 0 bridgehead atoms. The molecular weight excluding hydrogens is 330 g/mol. The molecule has 3 amide bonds.